The Bertz CT molecular complexity index is 1290. The summed E-state index contributed by atoms with van der Waals surface area (Å²) in [5.41, 5.74) is 3.97. The molecule has 1 amide bonds. The Balaban J connectivity index is 1.29. The standard InChI is InChI=1S/C26H28N6O/c1-18-7-3-4-8-21(18)26(33)28-19(2)25-30-29-24-12-14-31(15-16-32(24)25)17-20-11-13-27-23-10-6-5-9-22(20)23/h3-11,13,19H,12,14-17H2,1-2H3,(H,28,33). The van der Waals surface area contributed by atoms with E-state index in [1.54, 1.807) is 0 Å². The summed E-state index contributed by atoms with van der Waals surface area (Å²) in [5.74, 6) is 1.70. The number of rotatable bonds is 5. The summed E-state index contributed by atoms with van der Waals surface area (Å²) in [7, 11) is 0. The maximum absolute atomic E-state index is 12.8. The lowest BCUT2D eigenvalue weighted by Crippen LogP contribution is -2.30. The van der Waals surface area contributed by atoms with Crippen molar-refractivity contribution in [2.75, 3.05) is 13.1 Å². The zero-order chi connectivity index (χ0) is 22.8. The molecule has 0 spiro atoms. The number of carbonyl (C=O) groups excluding carboxylic acids is 1. The normalized spacial score (nSPS) is 15.1. The van der Waals surface area contributed by atoms with Crippen LogP contribution < -0.4 is 5.32 Å². The molecular formula is C26H28N6O. The largest absolute Gasteiger partial charge is 0.342 e. The van der Waals surface area contributed by atoms with Crippen LogP contribution in [0.2, 0.25) is 0 Å². The summed E-state index contributed by atoms with van der Waals surface area (Å²) < 4.78 is 2.17. The van der Waals surface area contributed by atoms with Gasteiger partial charge in [0, 0.05) is 49.7 Å². The topological polar surface area (TPSA) is 75.9 Å². The highest BCUT2D eigenvalue weighted by molar-refractivity contribution is 5.95. The summed E-state index contributed by atoms with van der Waals surface area (Å²) in [6.45, 7) is 7.40. The number of nitrogens with zero attached hydrogens (tertiary/aromatic N) is 5. The number of amides is 1. The fraction of sp³-hybridized carbons (Fsp3) is 0.308. The van der Waals surface area contributed by atoms with Crippen molar-refractivity contribution in [2.45, 2.75) is 39.4 Å². The van der Waals surface area contributed by atoms with E-state index >= 15 is 0 Å². The second kappa shape index (κ2) is 9.11. The van der Waals surface area contributed by atoms with Crippen molar-refractivity contribution in [1.82, 2.24) is 30.0 Å². The first-order chi connectivity index (χ1) is 16.1. The lowest BCUT2D eigenvalue weighted by Gasteiger charge is -2.21. The average molecular weight is 441 g/mol. The van der Waals surface area contributed by atoms with Crippen molar-refractivity contribution < 1.29 is 4.79 Å². The van der Waals surface area contributed by atoms with Gasteiger partial charge in [0.15, 0.2) is 5.82 Å². The van der Waals surface area contributed by atoms with E-state index in [9.17, 15) is 4.79 Å². The van der Waals surface area contributed by atoms with Gasteiger partial charge in [0.25, 0.3) is 5.91 Å². The van der Waals surface area contributed by atoms with Crippen LogP contribution in [0.15, 0.2) is 60.8 Å². The van der Waals surface area contributed by atoms with Gasteiger partial charge < -0.3 is 9.88 Å². The average Bonchev–Trinajstić information content (AvgIpc) is 3.14. The van der Waals surface area contributed by atoms with Gasteiger partial charge in [-0.05, 0) is 43.2 Å². The Morgan fingerprint density at radius 2 is 1.85 bits per heavy atom. The van der Waals surface area contributed by atoms with Crippen molar-refractivity contribution in [3.63, 3.8) is 0 Å². The Morgan fingerprint density at radius 3 is 2.73 bits per heavy atom. The molecule has 0 saturated carbocycles. The monoisotopic (exact) mass is 440 g/mol. The van der Waals surface area contributed by atoms with E-state index in [0.717, 1.165) is 55.3 Å². The molecule has 0 aliphatic carbocycles. The van der Waals surface area contributed by atoms with Gasteiger partial charge in [0.1, 0.15) is 5.82 Å². The van der Waals surface area contributed by atoms with Crippen molar-refractivity contribution in [1.29, 1.82) is 0 Å². The summed E-state index contributed by atoms with van der Waals surface area (Å²) in [5, 5.41) is 13.2. The zero-order valence-corrected chi connectivity index (χ0v) is 19.0. The number of fused-ring (bicyclic) bond motifs is 2. The van der Waals surface area contributed by atoms with Crippen molar-refractivity contribution >= 4 is 16.8 Å². The SMILES string of the molecule is Cc1ccccc1C(=O)NC(C)c1nnc2n1CCN(Cc1ccnc3ccccc13)CC2. The highest BCUT2D eigenvalue weighted by Gasteiger charge is 2.23. The minimum atomic E-state index is -0.228. The Kier molecular flexibility index (Phi) is 5.88. The molecule has 4 aromatic rings. The third kappa shape index (κ3) is 4.36. The molecule has 7 nitrogen and oxygen atoms in total. The molecule has 33 heavy (non-hydrogen) atoms. The molecule has 1 unspecified atom stereocenters. The van der Waals surface area contributed by atoms with Gasteiger partial charge in [-0.25, -0.2) is 0 Å². The summed E-state index contributed by atoms with van der Waals surface area (Å²) in [6.07, 6.45) is 2.72. The maximum Gasteiger partial charge on any atom is 0.252 e. The second-order valence-corrected chi connectivity index (χ2v) is 8.65. The molecule has 0 radical (unpaired) electrons. The number of pyridine rings is 1. The summed E-state index contributed by atoms with van der Waals surface area (Å²) in [4.78, 5) is 19.7. The first kappa shape index (κ1) is 21.3. The third-order valence-corrected chi connectivity index (χ3v) is 6.41. The van der Waals surface area contributed by atoms with E-state index in [2.05, 4.69) is 54.2 Å². The van der Waals surface area contributed by atoms with Crippen LogP contribution in [0.3, 0.4) is 0 Å². The molecule has 0 fully saturated rings. The van der Waals surface area contributed by atoms with Gasteiger partial charge in [0.2, 0.25) is 0 Å². The quantitative estimate of drug-likeness (QED) is 0.512. The van der Waals surface area contributed by atoms with Crippen LogP contribution in [0.1, 0.15) is 46.1 Å². The second-order valence-electron chi connectivity index (χ2n) is 8.65. The molecule has 3 heterocycles. The van der Waals surface area contributed by atoms with Crippen LogP contribution >= 0.6 is 0 Å². The fourth-order valence-corrected chi connectivity index (χ4v) is 4.57. The van der Waals surface area contributed by atoms with Gasteiger partial charge in [-0.3, -0.25) is 14.7 Å². The predicted molar refractivity (Wildman–Crippen MR) is 128 cm³/mol. The number of benzene rings is 2. The predicted octanol–water partition coefficient (Wildman–Crippen LogP) is 3.68. The molecule has 1 aliphatic heterocycles. The van der Waals surface area contributed by atoms with Crippen LogP contribution in [-0.4, -0.2) is 43.6 Å². The molecule has 2 aromatic heterocycles. The molecule has 1 atom stereocenters. The zero-order valence-electron chi connectivity index (χ0n) is 19.0. The number of para-hydroxylation sites is 1. The molecule has 5 rings (SSSR count). The molecule has 1 N–H and O–H groups in total. The number of aromatic nitrogens is 4. The maximum atomic E-state index is 12.8. The molecule has 0 bridgehead atoms. The van der Waals surface area contributed by atoms with Crippen LogP contribution in [0.25, 0.3) is 10.9 Å². The third-order valence-electron chi connectivity index (χ3n) is 6.41. The number of hydrogen-bond acceptors (Lipinski definition) is 5. The summed E-state index contributed by atoms with van der Waals surface area (Å²) >= 11 is 0. The molecule has 2 aromatic carbocycles. The molecule has 0 saturated heterocycles. The fourth-order valence-electron chi connectivity index (χ4n) is 4.57. The van der Waals surface area contributed by atoms with Crippen LogP contribution in [0.4, 0.5) is 0 Å². The Morgan fingerprint density at radius 1 is 1.03 bits per heavy atom. The lowest BCUT2D eigenvalue weighted by molar-refractivity contribution is 0.0937. The number of carbonyl (C=O) groups is 1. The van der Waals surface area contributed by atoms with Crippen LogP contribution in [0, 0.1) is 6.92 Å². The van der Waals surface area contributed by atoms with Crippen molar-refractivity contribution in [2.24, 2.45) is 0 Å². The first-order valence-electron chi connectivity index (χ1n) is 11.4. The van der Waals surface area contributed by atoms with Gasteiger partial charge in [0.05, 0.1) is 11.6 Å². The van der Waals surface area contributed by atoms with Crippen molar-refractivity contribution in [3.05, 3.63) is 89.1 Å². The van der Waals surface area contributed by atoms with Crippen LogP contribution in [-0.2, 0) is 19.5 Å². The van der Waals surface area contributed by atoms with Gasteiger partial charge >= 0.3 is 0 Å². The Hall–Kier alpha value is -3.58. The highest BCUT2D eigenvalue weighted by atomic mass is 16.1. The number of aryl methyl sites for hydroxylation is 1. The van der Waals surface area contributed by atoms with E-state index in [-0.39, 0.29) is 11.9 Å². The first-order valence-corrected chi connectivity index (χ1v) is 11.4. The van der Waals surface area contributed by atoms with Gasteiger partial charge in [-0.15, -0.1) is 10.2 Å². The number of hydrogen-bond donors (Lipinski definition) is 1. The van der Waals surface area contributed by atoms with Gasteiger partial charge in [-0.1, -0.05) is 36.4 Å². The molecule has 1 aliphatic rings. The molecule has 7 heteroatoms. The Labute approximate surface area is 193 Å². The lowest BCUT2D eigenvalue weighted by atomic mass is 10.1. The highest BCUT2D eigenvalue weighted by Crippen LogP contribution is 2.21. The van der Waals surface area contributed by atoms with E-state index in [1.807, 2.05) is 50.4 Å². The minimum Gasteiger partial charge on any atom is -0.342 e. The van der Waals surface area contributed by atoms with E-state index in [0.29, 0.717) is 5.56 Å². The van der Waals surface area contributed by atoms with E-state index in [1.165, 1.54) is 10.9 Å². The molecule has 168 valence electrons. The molecular weight excluding hydrogens is 412 g/mol. The van der Waals surface area contributed by atoms with E-state index in [4.69, 9.17) is 0 Å². The van der Waals surface area contributed by atoms with E-state index < -0.39 is 0 Å². The smallest absolute Gasteiger partial charge is 0.252 e. The van der Waals surface area contributed by atoms with Gasteiger partial charge in [-0.2, -0.15) is 0 Å². The minimum absolute atomic E-state index is 0.0854. The van der Waals surface area contributed by atoms with Crippen molar-refractivity contribution in [3.8, 4) is 0 Å². The summed E-state index contributed by atoms with van der Waals surface area (Å²) in [6, 6.07) is 17.8. The van der Waals surface area contributed by atoms with Crippen LogP contribution in [0.5, 0.6) is 0 Å². The number of nitrogens with one attached hydrogen (secondary N) is 1.